The second kappa shape index (κ2) is 6.97. The lowest BCUT2D eigenvalue weighted by molar-refractivity contribution is 0.382. The van der Waals surface area contributed by atoms with Gasteiger partial charge in [0.15, 0.2) is 0 Å². The van der Waals surface area contributed by atoms with Gasteiger partial charge in [-0.05, 0) is 39.1 Å². The summed E-state index contributed by atoms with van der Waals surface area (Å²) in [5, 5.41) is 2.82. The molecule has 0 bridgehead atoms. The van der Waals surface area contributed by atoms with Gasteiger partial charge in [0, 0.05) is 24.7 Å². The molecule has 0 saturated heterocycles. The zero-order chi connectivity index (χ0) is 15.3. The predicted molar refractivity (Wildman–Crippen MR) is 78.4 cm³/mol. The zero-order valence-electron chi connectivity index (χ0n) is 12.1. The highest BCUT2D eigenvalue weighted by molar-refractivity contribution is 7.89. The summed E-state index contributed by atoms with van der Waals surface area (Å²) in [5.41, 5.74) is 0.330. The van der Waals surface area contributed by atoms with Gasteiger partial charge in [-0.25, -0.2) is 12.8 Å². The Morgan fingerprint density at radius 1 is 1.45 bits per heavy atom. The molecule has 0 aliphatic rings. The summed E-state index contributed by atoms with van der Waals surface area (Å²) in [5.74, 6) is -0.418. The van der Waals surface area contributed by atoms with Crippen molar-refractivity contribution in [2.45, 2.75) is 31.3 Å². The molecule has 0 saturated carbocycles. The summed E-state index contributed by atoms with van der Waals surface area (Å²) in [6.07, 6.45) is 1.54. The average Bonchev–Trinajstić information content (AvgIpc) is 2.38. The fourth-order valence-electron chi connectivity index (χ4n) is 1.89. The standard InChI is InChI=1S/C14H21FN2O2S/c1-5-8-17(11(2)3)20(18,19)13-6-7-14(15)12(9-13)10-16-4/h5-7,9,11,16H,1,8,10H2,2-4H3. The topological polar surface area (TPSA) is 49.4 Å². The first-order valence-corrected chi connectivity index (χ1v) is 7.84. The van der Waals surface area contributed by atoms with Crippen molar-refractivity contribution >= 4 is 10.0 Å². The molecule has 0 atom stereocenters. The number of hydrogen-bond donors (Lipinski definition) is 1. The van der Waals surface area contributed by atoms with E-state index in [0.29, 0.717) is 5.56 Å². The number of nitrogens with zero attached hydrogens (tertiary/aromatic N) is 1. The van der Waals surface area contributed by atoms with Crippen LogP contribution in [-0.2, 0) is 16.6 Å². The maximum absolute atomic E-state index is 13.6. The molecule has 112 valence electrons. The molecule has 6 heteroatoms. The van der Waals surface area contributed by atoms with E-state index < -0.39 is 15.8 Å². The van der Waals surface area contributed by atoms with Gasteiger partial charge in [0.1, 0.15) is 5.82 Å². The van der Waals surface area contributed by atoms with E-state index in [1.54, 1.807) is 20.9 Å². The van der Waals surface area contributed by atoms with E-state index in [2.05, 4.69) is 11.9 Å². The normalized spacial score (nSPS) is 12.1. The highest BCUT2D eigenvalue weighted by Gasteiger charge is 2.26. The average molecular weight is 300 g/mol. The summed E-state index contributed by atoms with van der Waals surface area (Å²) in [7, 11) is -1.97. The van der Waals surface area contributed by atoms with E-state index in [4.69, 9.17) is 0 Å². The molecule has 20 heavy (non-hydrogen) atoms. The molecule has 4 nitrogen and oxygen atoms in total. The molecule has 0 fully saturated rings. The fourth-order valence-corrected chi connectivity index (χ4v) is 3.55. The molecule has 0 aliphatic carbocycles. The van der Waals surface area contributed by atoms with Crippen molar-refractivity contribution in [2.75, 3.05) is 13.6 Å². The van der Waals surface area contributed by atoms with Crippen LogP contribution in [0.1, 0.15) is 19.4 Å². The molecule has 0 radical (unpaired) electrons. The lowest BCUT2D eigenvalue weighted by Crippen LogP contribution is -2.37. The van der Waals surface area contributed by atoms with Gasteiger partial charge in [-0.1, -0.05) is 6.08 Å². The van der Waals surface area contributed by atoms with E-state index in [9.17, 15) is 12.8 Å². The van der Waals surface area contributed by atoms with Gasteiger partial charge in [0.25, 0.3) is 0 Å². The van der Waals surface area contributed by atoms with Crippen molar-refractivity contribution < 1.29 is 12.8 Å². The number of halogens is 1. The molecule has 0 aliphatic heterocycles. The van der Waals surface area contributed by atoms with Crippen molar-refractivity contribution in [2.24, 2.45) is 0 Å². The zero-order valence-corrected chi connectivity index (χ0v) is 12.9. The minimum absolute atomic E-state index is 0.0969. The summed E-state index contributed by atoms with van der Waals surface area (Å²) in [4.78, 5) is 0.0969. The molecule has 0 aromatic heterocycles. The Labute approximate surface area is 120 Å². The minimum Gasteiger partial charge on any atom is -0.316 e. The third-order valence-electron chi connectivity index (χ3n) is 2.88. The third-order valence-corrected chi connectivity index (χ3v) is 4.91. The first kappa shape index (κ1) is 16.8. The Morgan fingerprint density at radius 2 is 2.10 bits per heavy atom. The maximum Gasteiger partial charge on any atom is 0.243 e. The third kappa shape index (κ3) is 3.65. The smallest absolute Gasteiger partial charge is 0.243 e. The van der Waals surface area contributed by atoms with Gasteiger partial charge in [-0.3, -0.25) is 0 Å². The second-order valence-corrected chi connectivity index (χ2v) is 6.63. The highest BCUT2D eigenvalue weighted by atomic mass is 32.2. The minimum atomic E-state index is -3.65. The van der Waals surface area contributed by atoms with Crippen molar-refractivity contribution in [1.82, 2.24) is 9.62 Å². The van der Waals surface area contributed by atoms with Crippen LogP contribution < -0.4 is 5.32 Å². The summed E-state index contributed by atoms with van der Waals surface area (Å²) in [6.45, 7) is 7.65. The van der Waals surface area contributed by atoms with Crippen LogP contribution in [0.15, 0.2) is 35.7 Å². The molecule has 0 spiro atoms. The van der Waals surface area contributed by atoms with Crippen molar-refractivity contribution in [3.8, 4) is 0 Å². The number of sulfonamides is 1. The van der Waals surface area contributed by atoms with Gasteiger partial charge < -0.3 is 5.32 Å². The van der Waals surface area contributed by atoms with Crippen LogP contribution in [0.2, 0.25) is 0 Å². The first-order valence-electron chi connectivity index (χ1n) is 6.40. The number of nitrogens with one attached hydrogen (secondary N) is 1. The summed E-state index contributed by atoms with van der Waals surface area (Å²) in [6, 6.07) is 3.66. The molecule has 1 rings (SSSR count). The van der Waals surface area contributed by atoms with E-state index in [0.717, 1.165) is 0 Å². The number of hydrogen-bond acceptors (Lipinski definition) is 3. The Morgan fingerprint density at radius 3 is 2.60 bits per heavy atom. The van der Waals surface area contributed by atoms with E-state index in [1.165, 1.54) is 28.6 Å². The van der Waals surface area contributed by atoms with E-state index in [-0.39, 0.29) is 24.0 Å². The Hall–Kier alpha value is -1.24. The van der Waals surface area contributed by atoms with Crippen molar-refractivity contribution in [3.63, 3.8) is 0 Å². The fraction of sp³-hybridized carbons (Fsp3) is 0.429. The van der Waals surface area contributed by atoms with Gasteiger partial charge in [-0.2, -0.15) is 4.31 Å². The second-order valence-electron chi connectivity index (χ2n) is 4.74. The monoisotopic (exact) mass is 300 g/mol. The van der Waals surface area contributed by atoms with Crippen LogP contribution in [0.25, 0.3) is 0 Å². The van der Waals surface area contributed by atoms with Crippen LogP contribution in [-0.4, -0.2) is 32.4 Å². The molecule has 1 aromatic rings. The van der Waals surface area contributed by atoms with Crippen LogP contribution in [0.3, 0.4) is 0 Å². The molecule has 0 amide bonds. The number of rotatable bonds is 7. The molecule has 1 N–H and O–H groups in total. The van der Waals surface area contributed by atoms with E-state index >= 15 is 0 Å². The van der Waals surface area contributed by atoms with Crippen molar-refractivity contribution in [3.05, 3.63) is 42.2 Å². The largest absolute Gasteiger partial charge is 0.316 e. The lowest BCUT2D eigenvalue weighted by Gasteiger charge is -2.24. The molecular weight excluding hydrogens is 279 g/mol. The SMILES string of the molecule is C=CCN(C(C)C)S(=O)(=O)c1ccc(F)c(CNC)c1. The van der Waals surface area contributed by atoms with Gasteiger partial charge in [0.05, 0.1) is 4.90 Å². The van der Waals surface area contributed by atoms with Gasteiger partial charge in [0.2, 0.25) is 10.0 Å². The highest BCUT2D eigenvalue weighted by Crippen LogP contribution is 2.21. The van der Waals surface area contributed by atoms with Gasteiger partial charge in [-0.15, -0.1) is 6.58 Å². The van der Waals surface area contributed by atoms with Crippen LogP contribution in [0, 0.1) is 5.82 Å². The molecule has 0 heterocycles. The quantitative estimate of drug-likeness (QED) is 0.785. The molecule has 1 aromatic carbocycles. The number of benzene rings is 1. The Kier molecular flexibility index (Phi) is 5.86. The molecule has 0 unspecified atom stereocenters. The Bertz CT molecular complexity index is 571. The van der Waals surface area contributed by atoms with Crippen molar-refractivity contribution in [1.29, 1.82) is 0 Å². The predicted octanol–water partition coefficient (Wildman–Crippen LogP) is 2.13. The van der Waals surface area contributed by atoms with Crippen LogP contribution in [0.4, 0.5) is 4.39 Å². The van der Waals surface area contributed by atoms with Gasteiger partial charge >= 0.3 is 0 Å². The lowest BCUT2D eigenvalue weighted by atomic mass is 10.2. The van der Waals surface area contributed by atoms with E-state index in [1.807, 2.05) is 0 Å². The van der Waals surface area contributed by atoms with Crippen LogP contribution >= 0.6 is 0 Å². The molecular formula is C14H21FN2O2S. The Balaban J connectivity index is 3.26. The van der Waals surface area contributed by atoms with Crippen LogP contribution in [0.5, 0.6) is 0 Å². The summed E-state index contributed by atoms with van der Waals surface area (Å²) >= 11 is 0. The summed E-state index contributed by atoms with van der Waals surface area (Å²) < 4.78 is 40.1. The maximum atomic E-state index is 13.6. The first-order chi connectivity index (χ1) is 9.34.